The molecule has 100 valence electrons. The molecule has 0 N–H and O–H groups in total. The minimum absolute atomic E-state index is 0.251. The molecule has 0 saturated heterocycles. The number of pyridine rings is 1. The number of carbonyl (C=O) groups excluding carboxylic acids is 1. The standard InChI is InChI=1S/C9H6BrF4NO3/c1-17-8(16)5-2-6(18-9(12,13)14)4(3-10)7(11)15-5/h2H,3H2,1H3. The first-order chi connectivity index (χ1) is 8.28. The van der Waals surface area contributed by atoms with Gasteiger partial charge < -0.3 is 9.47 Å². The highest BCUT2D eigenvalue weighted by Crippen LogP contribution is 2.30. The van der Waals surface area contributed by atoms with Crippen LogP contribution in [0.5, 0.6) is 5.75 Å². The molecular weight excluding hydrogens is 326 g/mol. The second-order valence-corrected chi connectivity index (χ2v) is 3.51. The Labute approximate surface area is 107 Å². The first-order valence-electron chi connectivity index (χ1n) is 4.38. The van der Waals surface area contributed by atoms with E-state index in [1.54, 1.807) is 0 Å². The fourth-order valence-corrected chi connectivity index (χ4v) is 1.57. The topological polar surface area (TPSA) is 48.4 Å². The molecule has 0 unspecified atom stereocenters. The van der Waals surface area contributed by atoms with Gasteiger partial charge in [-0.25, -0.2) is 9.78 Å². The number of alkyl halides is 4. The number of ether oxygens (including phenoxy) is 2. The molecule has 1 aromatic rings. The highest BCUT2D eigenvalue weighted by molar-refractivity contribution is 9.08. The van der Waals surface area contributed by atoms with Gasteiger partial charge in [0, 0.05) is 11.4 Å². The summed E-state index contributed by atoms with van der Waals surface area (Å²) in [5.41, 5.74) is -1.06. The predicted molar refractivity (Wildman–Crippen MR) is 54.8 cm³/mol. The summed E-state index contributed by atoms with van der Waals surface area (Å²) < 4.78 is 57.6. The largest absolute Gasteiger partial charge is 0.573 e. The van der Waals surface area contributed by atoms with Crippen LogP contribution in [0.3, 0.4) is 0 Å². The maximum Gasteiger partial charge on any atom is 0.573 e. The summed E-state index contributed by atoms with van der Waals surface area (Å²) in [7, 11) is 0.991. The number of halogens is 5. The molecule has 0 bridgehead atoms. The fourth-order valence-electron chi connectivity index (χ4n) is 1.06. The third-order valence-electron chi connectivity index (χ3n) is 1.79. The summed E-state index contributed by atoms with van der Waals surface area (Å²) in [6, 6.07) is 0.666. The van der Waals surface area contributed by atoms with Crippen LogP contribution in [-0.2, 0) is 10.1 Å². The third kappa shape index (κ3) is 3.56. The van der Waals surface area contributed by atoms with Crippen molar-refractivity contribution in [3.63, 3.8) is 0 Å². The van der Waals surface area contributed by atoms with E-state index in [2.05, 4.69) is 30.4 Å². The van der Waals surface area contributed by atoms with Gasteiger partial charge >= 0.3 is 12.3 Å². The monoisotopic (exact) mass is 331 g/mol. The van der Waals surface area contributed by atoms with Crippen molar-refractivity contribution in [1.82, 2.24) is 4.98 Å². The number of methoxy groups -OCH3 is 1. The Morgan fingerprint density at radius 1 is 1.50 bits per heavy atom. The third-order valence-corrected chi connectivity index (χ3v) is 2.35. The van der Waals surface area contributed by atoms with E-state index in [1.165, 1.54) is 0 Å². The van der Waals surface area contributed by atoms with E-state index in [0.29, 0.717) is 6.07 Å². The summed E-state index contributed by atoms with van der Waals surface area (Å²) in [6.45, 7) is 0. The molecule has 0 atom stereocenters. The predicted octanol–water partition coefficient (Wildman–Crippen LogP) is 2.80. The van der Waals surface area contributed by atoms with Crippen molar-refractivity contribution in [3.05, 3.63) is 23.3 Å². The molecule has 0 aromatic carbocycles. The summed E-state index contributed by atoms with van der Waals surface area (Å²) >= 11 is 2.80. The molecule has 9 heteroatoms. The maximum atomic E-state index is 13.4. The van der Waals surface area contributed by atoms with Gasteiger partial charge in [0.1, 0.15) is 5.75 Å². The Morgan fingerprint density at radius 2 is 2.11 bits per heavy atom. The van der Waals surface area contributed by atoms with Gasteiger partial charge in [0.2, 0.25) is 5.95 Å². The molecule has 0 amide bonds. The minimum atomic E-state index is -5.00. The zero-order chi connectivity index (χ0) is 13.9. The number of aromatic nitrogens is 1. The van der Waals surface area contributed by atoms with Gasteiger partial charge in [-0.3, -0.25) is 0 Å². The van der Waals surface area contributed by atoms with Crippen molar-refractivity contribution in [1.29, 1.82) is 0 Å². The molecule has 1 heterocycles. The number of hydrogen-bond donors (Lipinski definition) is 0. The Kier molecular flexibility index (Phi) is 4.49. The number of carbonyl (C=O) groups is 1. The SMILES string of the molecule is COC(=O)c1cc(OC(F)(F)F)c(CBr)c(F)n1. The zero-order valence-corrected chi connectivity index (χ0v) is 10.4. The Hall–Kier alpha value is -1.38. The van der Waals surface area contributed by atoms with Crippen LogP contribution in [-0.4, -0.2) is 24.4 Å². The molecule has 4 nitrogen and oxygen atoms in total. The van der Waals surface area contributed by atoms with Crippen molar-refractivity contribution >= 4 is 21.9 Å². The van der Waals surface area contributed by atoms with Crippen LogP contribution in [0.25, 0.3) is 0 Å². The lowest BCUT2D eigenvalue weighted by Crippen LogP contribution is -2.19. The van der Waals surface area contributed by atoms with Crippen molar-refractivity contribution in [2.75, 3.05) is 7.11 Å². The lowest BCUT2D eigenvalue weighted by atomic mass is 10.2. The smallest absolute Gasteiger partial charge is 0.464 e. The fraction of sp³-hybridized carbons (Fsp3) is 0.333. The number of esters is 1. The second-order valence-electron chi connectivity index (χ2n) is 2.95. The van der Waals surface area contributed by atoms with Crippen molar-refractivity contribution in [3.8, 4) is 5.75 Å². The highest BCUT2D eigenvalue weighted by Gasteiger charge is 2.33. The lowest BCUT2D eigenvalue weighted by molar-refractivity contribution is -0.275. The van der Waals surface area contributed by atoms with Crippen LogP contribution < -0.4 is 4.74 Å². The molecular formula is C9H6BrF4NO3. The first kappa shape index (κ1) is 14.7. The average Bonchev–Trinajstić information content (AvgIpc) is 2.25. The van der Waals surface area contributed by atoms with Crippen LogP contribution >= 0.6 is 15.9 Å². The number of nitrogens with zero attached hydrogens (tertiary/aromatic N) is 1. The van der Waals surface area contributed by atoms with E-state index >= 15 is 0 Å². The Balaban J connectivity index is 3.28. The van der Waals surface area contributed by atoms with E-state index < -0.39 is 35.3 Å². The first-order valence-corrected chi connectivity index (χ1v) is 5.50. The Morgan fingerprint density at radius 3 is 2.56 bits per heavy atom. The van der Waals surface area contributed by atoms with Gasteiger partial charge in [0.15, 0.2) is 5.69 Å². The van der Waals surface area contributed by atoms with Crippen molar-refractivity contribution in [2.45, 2.75) is 11.7 Å². The van der Waals surface area contributed by atoms with Gasteiger partial charge in [-0.1, -0.05) is 15.9 Å². The summed E-state index contributed by atoms with van der Waals surface area (Å²) in [5, 5.41) is -0.251. The van der Waals surface area contributed by atoms with Crippen LogP contribution in [0.2, 0.25) is 0 Å². The van der Waals surface area contributed by atoms with Gasteiger partial charge in [-0.05, 0) is 0 Å². The van der Waals surface area contributed by atoms with Crippen LogP contribution in [0.15, 0.2) is 6.07 Å². The zero-order valence-electron chi connectivity index (χ0n) is 8.85. The van der Waals surface area contributed by atoms with Crippen LogP contribution in [0, 0.1) is 5.95 Å². The van der Waals surface area contributed by atoms with E-state index in [0.717, 1.165) is 7.11 Å². The highest BCUT2D eigenvalue weighted by atomic mass is 79.9. The molecule has 0 radical (unpaired) electrons. The van der Waals surface area contributed by atoms with Crippen molar-refractivity contribution in [2.24, 2.45) is 0 Å². The average molecular weight is 332 g/mol. The van der Waals surface area contributed by atoms with E-state index in [4.69, 9.17) is 0 Å². The number of rotatable bonds is 3. The molecule has 1 rings (SSSR count). The summed E-state index contributed by atoms with van der Waals surface area (Å²) in [5.74, 6) is -3.15. The quantitative estimate of drug-likeness (QED) is 0.370. The molecule has 0 spiro atoms. The van der Waals surface area contributed by atoms with Gasteiger partial charge in [-0.2, -0.15) is 4.39 Å². The van der Waals surface area contributed by atoms with Gasteiger partial charge in [0.05, 0.1) is 12.7 Å². The van der Waals surface area contributed by atoms with Crippen molar-refractivity contribution < 1.29 is 31.8 Å². The van der Waals surface area contributed by atoms with Crippen LogP contribution in [0.1, 0.15) is 16.1 Å². The molecule has 18 heavy (non-hydrogen) atoms. The minimum Gasteiger partial charge on any atom is -0.464 e. The van der Waals surface area contributed by atoms with Crippen LogP contribution in [0.4, 0.5) is 17.6 Å². The van der Waals surface area contributed by atoms with E-state index in [1.807, 2.05) is 0 Å². The van der Waals surface area contributed by atoms with Gasteiger partial charge in [0.25, 0.3) is 0 Å². The number of hydrogen-bond acceptors (Lipinski definition) is 4. The molecule has 0 fully saturated rings. The lowest BCUT2D eigenvalue weighted by Gasteiger charge is -2.13. The van der Waals surface area contributed by atoms with E-state index in [-0.39, 0.29) is 5.33 Å². The molecule has 0 aliphatic heterocycles. The normalized spacial score (nSPS) is 11.2. The van der Waals surface area contributed by atoms with Gasteiger partial charge in [-0.15, -0.1) is 13.2 Å². The summed E-state index contributed by atoms with van der Waals surface area (Å²) in [6.07, 6.45) is -5.00. The molecule has 0 saturated carbocycles. The van der Waals surface area contributed by atoms with E-state index in [9.17, 15) is 22.4 Å². The maximum absolute atomic E-state index is 13.4. The Bertz CT molecular complexity index is 464. The molecule has 1 aromatic heterocycles. The second kappa shape index (κ2) is 5.51. The molecule has 0 aliphatic carbocycles. The summed E-state index contributed by atoms with van der Waals surface area (Å²) in [4.78, 5) is 14.3. The molecule has 0 aliphatic rings.